The van der Waals surface area contributed by atoms with Crippen LogP contribution in [0, 0.1) is 26.6 Å². The topological polar surface area (TPSA) is 59.8 Å². The molecule has 28 heavy (non-hydrogen) atoms. The van der Waals surface area contributed by atoms with E-state index in [0.717, 1.165) is 16.7 Å². The van der Waals surface area contributed by atoms with Gasteiger partial charge in [0.1, 0.15) is 16.9 Å². The molecule has 0 saturated heterocycles. The molecule has 0 aliphatic heterocycles. The third-order valence-corrected chi connectivity index (χ3v) is 4.80. The Labute approximate surface area is 161 Å². The van der Waals surface area contributed by atoms with Crippen LogP contribution in [0.1, 0.15) is 27.0 Å². The molecule has 0 spiro atoms. The van der Waals surface area contributed by atoms with Crippen LogP contribution in [-0.2, 0) is 0 Å². The molecule has 1 N–H and O–H groups in total. The monoisotopic (exact) mass is 374 g/mol. The van der Waals surface area contributed by atoms with Crippen molar-refractivity contribution >= 4 is 22.6 Å². The molecule has 140 valence electrons. The van der Waals surface area contributed by atoms with Crippen LogP contribution in [0.15, 0.2) is 54.6 Å². The van der Waals surface area contributed by atoms with Gasteiger partial charge < -0.3 is 5.32 Å². The quantitative estimate of drug-likeness (QED) is 0.564. The van der Waals surface area contributed by atoms with Crippen molar-refractivity contribution in [3.8, 4) is 5.69 Å². The van der Waals surface area contributed by atoms with Crippen molar-refractivity contribution in [2.45, 2.75) is 20.8 Å². The number of rotatable bonds is 3. The van der Waals surface area contributed by atoms with Gasteiger partial charge in [0.05, 0.1) is 5.69 Å². The molecule has 1 aromatic heterocycles. The van der Waals surface area contributed by atoms with E-state index in [1.54, 1.807) is 18.2 Å². The van der Waals surface area contributed by atoms with E-state index in [9.17, 15) is 9.18 Å². The summed E-state index contributed by atoms with van der Waals surface area (Å²) in [6.45, 7) is 5.91. The fraction of sp³-hybridized carbons (Fsp3) is 0.136. The predicted octanol–water partition coefficient (Wildman–Crippen LogP) is 4.74. The SMILES string of the molecule is Cc1ccc(C(=O)Nc2cc3nn(-c4ccc(F)cc4)nc3cc2C)cc1C. The maximum atomic E-state index is 13.1. The fourth-order valence-electron chi connectivity index (χ4n) is 2.97. The Morgan fingerprint density at radius 2 is 1.54 bits per heavy atom. The van der Waals surface area contributed by atoms with Crippen molar-refractivity contribution in [1.29, 1.82) is 0 Å². The lowest BCUT2D eigenvalue weighted by Crippen LogP contribution is -2.13. The van der Waals surface area contributed by atoms with Gasteiger partial charge in [-0.15, -0.1) is 10.2 Å². The highest BCUT2D eigenvalue weighted by molar-refractivity contribution is 6.05. The van der Waals surface area contributed by atoms with Gasteiger partial charge in [0.15, 0.2) is 0 Å². The number of aryl methyl sites for hydroxylation is 3. The van der Waals surface area contributed by atoms with Crippen LogP contribution in [-0.4, -0.2) is 20.9 Å². The van der Waals surface area contributed by atoms with Crippen molar-refractivity contribution in [2.75, 3.05) is 5.32 Å². The van der Waals surface area contributed by atoms with Gasteiger partial charge in [-0.05, 0) is 86.0 Å². The Morgan fingerprint density at radius 1 is 0.857 bits per heavy atom. The Hall–Kier alpha value is -3.54. The smallest absolute Gasteiger partial charge is 0.255 e. The van der Waals surface area contributed by atoms with Crippen LogP contribution < -0.4 is 5.32 Å². The highest BCUT2D eigenvalue weighted by Crippen LogP contribution is 2.23. The van der Waals surface area contributed by atoms with Gasteiger partial charge in [-0.3, -0.25) is 4.79 Å². The number of anilines is 1. The third kappa shape index (κ3) is 3.36. The zero-order valence-corrected chi connectivity index (χ0v) is 15.8. The number of benzene rings is 3. The Morgan fingerprint density at radius 3 is 2.21 bits per heavy atom. The van der Waals surface area contributed by atoms with E-state index >= 15 is 0 Å². The first-order valence-electron chi connectivity index (χ1n) is 8.93. The normalized spacial score (nSPS) is 11.0. The minimum atomic E-state index is -0.312. The summed E-state index contributed by atoms with van der Waals surface area (Å²) in [4.78, 5) is 14.1. The molecule has 3 aromatic carbocycles. The van der Waals surface area contributed by atoms with E-state index in [1.165, 1.54) is 16.9 Å². The molecule has 4 rings (SSSR count). The van der Waals surface area contributed by atoms with Crippen molar-refractivity contribution in [2.24, 2.45) is 0 Å². The number of nitrogens with one attached hydrogen (secondary N) is 1. The molecule has 0 unspecified atom stereocenters. The van der Waals surface area contributed by atoms with Gasteiger partial charge >= 0.3 is 0 Å². The van der Waals surface area contributed by atoms with E-state index in [4.69, 9.17) is 0 Å². The molecule has 5 nitrogen and oxygen atoms in total. The summed E-state index contributed by atoms with van der Waals surface area (Å²) in [6.07, 6.45) is 0. The summed E-state index contributed by atoms with van der Waals surface area (Å²) < 4.78 is 13.1. The van der Waals surface area contributed by atoms with Crippen LogP contribution >= 0.6 is 0 Å². The number of carbonyl (C=O) groups excluding carboxylic acids is 1. The molecular formula is C22H19FN4O. The second-order valence-electron chi connectivity index (χ2n) is 6.87. The van der Waals surface area contributed by atoms with Gasteiger partial charge in [0.25, 0.3) is 5.91 Å². The first-order chi connectivity index (χ1) is 13.4. The molecule has 0 aliphatic carbocycles. The summed E-state index contributed by atoms with van der Waals surface area (Å²) in [7, 11) is 0. The minimum absolute atomic E-state index is 0.170. The van der Waals surface area contributed by atoms with Crippen LogP contribution in [0.5, 0.6) is 0 Å². The molecule has 0 bridgehead atoms. The van der Waals surface area contributed by atoms with Crippen LogP contribution in [0.2, 0.25) is 0 Å². The van der Waals surface area contributed by atoms with Gasteiger partial charge in [-0.25, -0.2) is 4.39 Å². The summed E-state index contributed by atoms with van der Waals surface area (Å²) in [5.41, 5.74) is 6.40. The van der Waals surface area contributed by atoms with E-state index in [1.807, 2.05) is 45.0 Å². The molecule has 6 heteroatoms. The average Bonchev–Trinajstić information content (AvgIpc) is 3.07. The standard InChI is InChI=1S/C22H19FN4O/c1-13-4-5-16(10-14(13)2)22(28)24-19-12-21-20(11-15(19)3)25-27(26-21)18-8-6-17(23)7-9-18/h4-12H,1-3H3,(H,24,28). The first kappa shape index (κ1) is 17.9. The second-order valence-corrected chi connectivity index (χ2v) is 6.87. The number of hydrogen-bond donors (Lipinski definition) is 1. The molecule has 0 radical (unpaired) electrons. The van der Waals surface area contributed by atoms with E-state index < -0.39 is 0 Å². The van der Waals surface area contributed by atoms with Gasteiger partial charge in [-0.1, -0.05) is 6.07 Å². The van der Waals surface area contributed by atoms with Gasteiger partial charge in [0, 0.05) is 11.3 Å². The summed E-state index contributed by atoms with van der Waals surface area (Å²) in [5, 5.41) is 11.9. The lowest BCUT2D eigenvalue weighted by atomic mass is 10.1. The highest BCUT2D eigenvalue weighted by atomic mass is 19.1. The summed E-state index contributed by atoms with van der Waals surface area (Å²) in [6, 6.07) is 15.3. The number of halogens is 1. The second kappa shape index (κ2) is 6.88. The summed E-state index contributed by atoms with van der Waals surface area (Å²) in [5.74, 6) is -0.482. The Bertz CT molecular complexity index is 1200. The maximum absolute atomic E-state index is 13.1. The first-order valence-corrected chi connectivity index (χ1v) is 8.93. The fourth-order valence-corrected chi connectivity index (χ4v) is 2.97. The molecular weight excluding hydrogens is 355 g/mol. The largest absolute Gasteiger partial charge is 0.322 e. The predicted molar refractivity (Wildman–Crippen MR) is 107 cm³/mol. The van der Waals surface area contributed by atoms with Crippen LogP contribution in [0.4, 0.5) is 10.1 Å². The number of hydrogen-bond acceptors (Lipinski definition) is 3. The molecule has 4 aromatic rings. The third-order valence-electron chi connectivity index (χ3n) is 4.80. The molecule has 0 atom stereocenters. The lowest BCUT2D eigenvalue weighted by molar-refractivity contribution is 0.102. The highest BCUT2D eigenvalue weighted by Gasteiger charge is 2.12. The molecule has 1 heterocycles. The summed E-state index contributed by atoms with van der Waals surface area (Å²) >= 11 is 0. The number of aromatic nitrogens is 3. The van der Waals surface area contributed by atoms with Crippen LogP contribution in [0.25, 0.3) is 16.7 Å². The van der Waals surface area contributed by atoms with Crippen LogP contribution in [0.3, 0.4) is 0 Å². The number of carbonyl (C=O) groups is 1. The van der Waals surface area contributed by atoms with Gasteiger partial charge in [-0.2, -0.15) is 4.80 Å². The molecule has 0 aliphatic rings. The number of amides is 1. The van der Waals surface area contributed by atoms with Crippen molar-refractivity contribution in [1.82, 2.24) is 15.0 Å². The Kier molecular flexibility index (Phi) is 4.39. The average molecular weight is 374 g/mol. The lowest BCUT2D eigenvalue weighted by Gasteiger charge is -2.09. The molecule has 0 saturated carbocycles. The molecule has 0 fully saturated rings. The van der Waals surface area contributed by atoms with E-state index in [0.29, 0.717) is 28.0 Å². The van der Waals surface area contributed by atoms with E-state index in [2.05, 4.69) is 15.5 Å². The molecule has 1 amide bonds. The number of fused-ring (bicyclic) bond motifs is 1. The number of nitrogens with zero attached hydrogens (tertiary/aromatic N) is 3. The Balaban J connectivity index is 1.65. The van der Waals surface area contributed by atoms with E-state index in [-0.39, 0.29) is 11.7 Å². The van der Waals surface area contributed by atoms with Crippen molar-refractivity contribution in [3.63, 3.8) is 0 Å². The maximum Gasteiger partial charge on any atom is 0.255 e. The van der Waals surface area contributed by atoms with Crippen molar-refractivity contribution < 1.29 is 9.18 Å². The van der Waals surface area contributed by atoms with Crippen molar-refractivity contribution in [3.05, 3.63) is 82.7 Å². The zero-order chi connectivity index (χ0) is 19.8. The van der Waals surface area contributed by atoms with Gasteiger partial charge in [0.2, 0.25) is 0 Å². The zero-order valence-electron chi connectivity index (χ0n) is 15.8. The minimum Gasteiger partial charge on any atom is -0.322 e.